The van der Waals surface area contributed by atoms with Crippen molar-refractivity contribution >= 4 is 34.0 Å². The number of carbonyl (C=O) groups excluding carboxylic acids is 1. The number of halogens is 1. The molecule has 2 aromatic carbocycles. The highest BCUT2D eigenvalue weighted by Gasteiger charge is 2.34. The molecule has 0 saturated heterocycles. The van der Waals surface area contributed by atoms with E-state index in [1.807, 2.05) is 35.4 Å². The van der Waals surface area contributed by atoms with Crippen LogP contribution in [0.2, 0.25) is 0 Å². The summed E-state index contributed by atoms with van der Waals surface area (Å²) in [5.74, 6) is 0.416. The van der Waals surface area contributed by atoms with Crippen molar-refractivity contribution in [3.63, 3.8) is 0 Å². The number of amides is 1. The number of nitrogens with one attached hydrogen (secondary N) is 1. The molecule has 0 radical (unpaired) electrons. The van der Waals surface area contributed by atoms with Crippen molar-refractivity contribution in [3.8, 4) is 0 Å². The molecule has 1 aliphatic heterocycles. The number of aromatic amines is 1. The molecule has 0 aliphatic carbocycles. The third-order valence-corrected chi connectivity index (χ3v) is 5.86. The number of benzene rings is 2. The van der Waals surface area contributed by atoms with E-state index in [1.165, 1.54) is 10.9 Å². The average molecular weight is 393 g/mol. The molecule has 144 valence electrons. The summed E-state index contributed by atoms with van der Waals surface area (Å²) in [6.07, 6.45) is 2.88. The molecule has 2 heterocycles. The smallest absolute Gasteiger partial charge is 0.257 e. The van der Waals surface area contributed by atoms with Crippen molar-refractivity contribution < 1.29 is 4.79 Å². The lowest BCUT2D eigenvalue weighted by molar-refractivity contribution is 0.0801. The maximum absolute atomic E-state index is 13.3. The second kappa shape index (κ2) is 7.14. The Morgan fingerprint density at radius 3 is 2.71 bits per heavy atom. The van der Waals surface area contributed by atoms with E-state index in [0.717, 1.165) is 28.8 Å². The van der Waals surface area contributed by atoms with E-state index >= 15 is 0 Å². The number of nitrogens with zero attached hydrogens (tertiary/aromatic N) is 1. The Morgan fingerprint density at radius 2 is 1.96 bits per heavy atom. The van der Waals surface area contributed by atoms with Crippen LogP contribution in [0.15, 0.2) is 54.7 Å². The van der Waals surface area contributed by atoms with Crippen molar-refractivity contribution in [1.29, 1.82) is 0 Å². The van der Waals surface area contributed by atoms with Crippen LogP contribution in [0.4, 0.5) is 0 Å². The first-order valence-electron chi connectivity index (χ1n) is 9.72. The summed E-state index contributed by atoms with van der Waals surface area (Å²) >= 11 is 5.97. The summed E-state index contributed by atoms with van der Waals surface area (Å²) in [6.45, 7) is 7.19. The molecule has 0 bridgehead atoms. The van der Waals surface area contributed by atoms with Gasteiger partial charge in [-0.2, -0.15) is 0 Å². The molecule has 4 rings (SSSR count). The van der Waals surface area contributed by atoms with Gasteiger partial charge in [-0.05, 0) is 41.3 Å². The first-order valence-corrected chi connectivity index (χ1v) is 10.3. The van der Waals surface area contributed by atoms with Crippen LogP contribution >= 0.6 is 11.6 Å². The second-order valence-electron chi connectivity index (χ2n) is 8.08. The number of allylic oxidation sites excluding steroid dienone is 1. The molecule has 3 nitrogen and oxygen atoms in total. The molecule has 28 heavy (non-hydrogen) atoms. The fourth-order valence-electron chi connectivity index (χ4n) is 4.24. The zero-order valence-corrected chi connectivity index (χ0v) is 17.3. The van der Waals surface area contributed by atoms with Crippen molar-refractivity contribution in [2.45, 2.75) is 38.5 Å². The highest BCUT2D eigenvalue weighted by Crippen LogP contribution is 2.40. The van der Waals surface area contributed by atoms with Crippen LogP contribution in [0, 0.1) is 0 Å². The fraction of sp³-hybridized carbons (Fsp3) is 0.292. The van der Waals surface area contributed by atoms with Gasteiger partial charge in [0.05, 0.1) is 0 Å². The van der Waals surface area contributed by atoms with Crippen molar-refractivity contribution in [2.75, 3.05) is 6.54 Å². The van der Waals surface area contributed by atoms with Gasteiger partial charge in [-0.1, -0.05) is 51.1 Å². The number of carbonyl (C=O) groups is 1. The molecule has 1 amide bonds. The fourth-order valence-corrected chi connectivity index (χ4v) is 4.41. The molecule has 0 spiro atoms. The minimum absolute atomic E-state index is 0.0143. The monoisotopic (exact) mass is 392 g/mol. The van der Waals surface area contributed by atoms with Gasteiger partial charge in [-0.15, -0.1) is 11.6 Å². The van der Waals surface area contributed by atoms with Gasteiger partial charge in [-0.3, -0.25) is 4.79 Å². The summed E-state index contributed by atoms with van der Waals surface area (Å²) in [4.78, 5) is 18.8. The van der Waals surface area contributed by atoms with Gasteiger partial charge < -0.3 is 9.88 Å². The summed E-state index contributed by atoms with van der Waals surface area (Å²) in [7, 11) is 0. The molecule has 0 fully saturated rings. The summed E-state index contributed by atoms with van der Waals surface area (Å²) in [5, 5.41) is 1.24. The lowest BCUT2D eigenvalue weighted by Gasteiger charge is -2.29. The minimum Gasteiger partial charge on any atom is -0.354 e. The molecule has 4 heteroatoms. The predicted molar refractivity (Wildman–Crippen MR) is 117 cm³/mol. The Balaban J connectivity index is 1.83. The van der Waals surface area contributed by atoms with Crippen LogP contribution in [0.25, 0.3) is 16.5 Å². The molecule has 0 saturated carbocycles. The SMILES string of the molecule is CCC1=CN(C(=O)c2cccc(CCl)c2)CC(C)(C)c2c1[nH]c1ccccc21. The number of fused-ring (bicyclic) bond motifs is 3. The maximum Gasteiger partial charge on any atom is 0.257 e. The summed E-state index contributed by atoms with van der Waals surface area (Å²) < 4.78 is 0. The summed E-state index contributed by atoms with van der Waals surface area (Å²) in [5.41, 5.74) is 6.18. The number of hydrogen-bond acceptors (Lipinski definition) is 1. The van der Waals surface area contributed by atoms with E-state index in [0.29, 0.717) is 18.0 Å². The van der Waals surface area contributed by atoms with Gasteiger partial charge in [-0.25, -0.2) is 0 Å². The minimum atomic E-state index is -0.192. The Labute approximate surface area is 171 Å². The topological polar surface area (TPSA) is 36.1 Å². The maximum atomic E-state index is 13.3. The Hall–Kier alpha value is -2.52. The highest BCUT2D eigenvalue weighted by atomic mass is 35.5. The van der Waals surface area contributed by atoms with Crippen molar-refractivity contribution in [1.82, 2.24) is 9.88 Å². The molecular formula is C24H25ClN2O. The average Bonchev–Trinajstić information content (AvgIpc) is 3.05. The standard InChI is InChI=1S/C24H25ClN2O/c1-4-17-14-27(23(28)18-9-7-8-16(12-18)13-25)15-24(2,3)21-19-10-5-6-11-20(19)26-22(17)21/h5-12,14,26H,4,13,15H2,1-3H3. The van der Waals surface area contributed by atoms with E-state index < -0.39 is 0 Å². The van der Waals surface area contributed by atoms with Crippen LogP contribution in [-0.4, -0.2) is 22.3 Å². The Bertz CT molecular complexity index is 1080. The number of alkyl halides is 1. The van der Waals surface area contributed by atoms with E-state index in [-0.39, 0.29) is 11.3 Å². The van der Waals surface area contributed by atoms with Gasteiger partial charge >= 0.3 is 0 Å². The third kappa shape index (κ3) is 3.14. The number of aromatic nitrogens is 1. The van der Waals surface area contributed by atoms with Gasteiger partial charge in [0.1, 0.15) is 0 Å². The summed E-state index contributed by atoms with van der Waals surface area (Å²) in [6, 6.07) is 16.0. The van der Waals surface area contributed by atoms with Gasteiger partial charge in [0.25, 0.3) is 5.91 Å². The Kier molecular flexibility index (Phi) is 4.80. The Morgan fingerprint density at radius 1 is 1.18 bits per heavy atom. The van der Waals surface area contributed by atoms with Gasteiger partial charge in [0, 0.05) is 46.2 Å². The van der Waals surface area contributed by atoms with Gasteiger partial charge in [0.15, 0.2) is 0 Å². The highest BCUT2D eigenvalue weighted by molar-refractivity contribution is 6.17. The van der Waals surface area contributed by atoms with E-state index in [9.17, 15) is 4.79 Å². The zero-order chi connectivity index (χ0) is 19.9. The van der Waals surface area contributed by atoms with E-state index in [4.69, 9.17) is 11.6 Å². The second-order valence-corrected chi connectivity index (χ2v) is 8.35. The largest absolute Gasteiger partial charge is 0.354 e. The molecule has 1 aromatic heterocycles. The van der Waals surface area contributed by atoms with Crippen LogP contribution in [0.5, 0.6) is 0 Å². The van der Waals surface area contributed by atoms with E-state index in [2.05, 4.69) is 50.0 Å². The molecule has 1 aliphatic rings. The number of para-hydroxylation sites is 1. The van der Waals surface area contributed by atoms with E-state index in [1.54, 1.807) is 0 Å². The first-order chi connectivity index (χ1) is 13.4. The number of H-pyrrole nitrogens is 1. The quantitative estimate of drug-likeness (QED) is 0.538. The normalized spacial score (nSPS) is 15.9. The van der Waals surface area contributed by atoms with Crippen LogP contribution < -0.4 is 0 Å². The predicted octanol–water partition coefficient (Wildman–Crippen LogP) is 6.09. The molecule has 3 aromatic rings. The third-order valence-electron chi connectivity index (χ3n) is 5.55. The first kappa shape index (κ1) is 18.8. The molecule has 0 unspecified atom stereocenters. The van der Waals surface area contributed by atoms with Crippen LogP contribution in [-0.2, 0) is 11.3 Å². The van der Waals surface area contributed by atoms with Crippen LogP contribution in [0.1, 0.15) is 54.4 Å². The van der Waals surface area contributed by atoms with Crippen LogP contribution in [0.3, 0.4) is 0 Å². The zero-order valence-electron chi connectivity index (χ0n) is 16.6. The molecular weight excluding hydrogens is 368 g/mol. The lowest BCUT2D eigenvalue weighted by atomic mass is 9.81. The lowest BCUT2D eigenvalue weighted by Crippen LogP contribution is -2.36. The molecule has 1 N–H and O–H groups in total. The molecule has 0 atom stereocenters. The number of rotatable bonds is 3. The van der Waals surface area contributed by atoms with Crippen molar-refractivity contribution in [2.24, 2.45) is 0 Å². The number of hydrogen-bond donors (Lipinski definition) is 1. The van der Waals surface area contributed by atoms with Crippen molar-refractivity contribution in [3.05, 3.63) is 77.1 Å². The van der Waals surface area contributed by atoms with Gasteiger partial charge in [0.2, 0.25) is 0 Å².